The van der Waals surface area contributed by atoms with Crippen LogP contribution in [0.2, 0.25) is 0 Å². The number of hydrogen-bond donors (Lipinski definition) is 1. The maximum Gasteiger partial charge on any atom is 0.218 e. The van der Waals surface area contributed by atoms with Gasteiger partial charge in [-0.15, -0.1) is 0 Å². The second-order valence-corrected chi connectivity index (χ2v) is 7.48. The predicted molar refractivity (Wildman–Crippen MR) is 112 cm³/mol. The number of pyridine rings is 1. The highest BCUT2D eigenvalue weighted by molar-refractivity contribution is 5.76. The van der Waals surface area contributed by atoms with E-state index in [0.29, 0.717) is 11.3 Å². The van der Waals surface area contributed by atoms with Gasteiger partial charge < -0.3 is 10.5 Å². The summed E-state index contributed by atoms with van der Waals surface area (Å²) in [7, 11) is 0. The van der Waals surface area contributed by atoms with Gasteiger partial charge >= 0.3 is 0 Å². The molecule has 0 bridgehead atoms. The second kappa shape index (κ2) is 9.48. The van der Waals surface area contributed by atoms with Gasteiger partial charge in [0.15, 0.2) is 0 Å². The van der Waals surface area contributed by atoms with Crippen LogP contribution >= 0.6 is 0 Å². The van der Waals surface area contributed by atoms with Crippen molar-refractivity contribution in [1.82, 2.24) is 4.98 Å². The van der Waals surface area contributed by atoms with Crippen molar-refractivity contribution in [2.24, 2.45) is 5.73 Å². The highest BCUT2D eigenvalue weighted by Gasteiger charge is 2.21. The van der Waals surface area contributed by atoms with Crippen LogP contribution in [-0.2, 0) is 11.2 Å². The fourth-order valence-corrected chi connectivity index (χ4v) is 3.49. The first kappa shape index (κ1) is 21.4. The Bertz CT molecular complexity index is 1000. The van der Waals surface area contributed by atoms with Crippen LogP contribution in [0.1, 0.15) is 37.4 Å². The molecule has 0 aliphatic carbocycles. The van der Waals surface area contributed by atoms with Crippen LogP contribution in [0.3, 0.4) is 0 Å². The topological polar surface area (TPSA) is 65.2 Å². The summed E-state index contributed by atoms with van der Waals surface area (Å²) < 4.78 is 33.0. The van der Waals surface area contributed by atoms with Gasteiger partial charge in [0.2, 0.25) is 5.91 Å². The molecule has 0 saturated carbocycles. The highest BCUT2D eigenvalue weighted by Crippen LogP contribution is 2.33. The summed E-state index contributed by atoms with van der Waals surface area (Å²) in [5.74, 6) is -1.50. The van der Waals surface area contributed by atoms with E-state index in [-0.39, 0.29) is 18.9 Å². The van der Waals surface area contributed by atoms with E-state index in [9.17, 15) is 13.6 Å². The molecule has 1 heterocycles. The van der Waals surface area contributed by atoms with Crippen molar-refractivity contribution in [3.63, 3.8) is 0 Å². The molecule has 6 heteroatoms. The molecular formula is C24H24F2N2O2. The number of benzene rings is 2. The summed E-state index contributed by atoms with van der Waals surface area (Å²) in [5.41, 5.74) is 8.29. The molecule has 1 aromatic heterocycles. The highest BCUT2D eigenvalue weighted by atomic mass is 19.1. The summed E-state index contributed by atoms with van der Waals surface area (Å²) in [6.45, 7) is 3.91. The number of rotatable bonds is 8. The maximum atomic E-state index is 13.7. The van der Waals surface area contributed by atoms with E-state index < -0.39 is 23.5 Å². The number of carbonyl (C=O) groups is 1. The van der Waals surface area contributed by atoms with E-state index >= 15 is 0 Å². The first-order valence-corrected chi connectivity index (χ1v) is 9.77. The lowest BCUT2D eigenvalue weighted by Crippen LogP contribution is -2.18. The monoisotopic (exact) mass is 410 g/mol. The third-order valence-electron chi connectivity index (χ3n) is 4.61. The van der Waals surface area contributed by atoms with Crippen molar-refractivity contribution in [2.45, 2.75) is 38.7 Å². The quantitative estimate of drug-likeness (QED) is 0.567. The number of aromatic nitrogens is 1. The molecule has 2 N–H and O–H groups in total. The average Bonchev–Trinajstić information content (AvgIpc) is 2.66. The number of carbonyl (C=O) groups excluding carboxylic acids is 1. The van der Waals surface area contributed by atoms with E-state index in [0.717, 1.165) is 22.9 Å². The molecule has 4 nitrogen and oxygen atoms in total. The van der Waals surface area contributed by atoms with Gasteiger partial charge in [0.05, 0.1) is 11.8 Å². The van der Waals surface area contributed by atoms with E-state index in [1.807, 2.05) is 44.2 Å². The lowest BCUT2D eigenvalue weighted by Gasteiger charge is -2.19. The van der Waals surface area contributed by atoms with Crippen LogP contribution in [-0.4, -0.2) is 17.0 Å². The number of nitrogens with two attached hydrogens (primary N) is 1. The van der Waals surface area contributed by atoms with E-state index in [1.54, 1.807) is 12.3 Å². The van der Waals surface area contributed by atoms with Crippen molar-refractivity contribution in [2.75, 3.05) is 0 Å². The molecule has 3 aromatic rings. The standard InChI is InChI=1S/C24H24F2N2O2/c1-15(2)30-21-7-5-17(6-8-21)22-4-3-9-28-24(22)18(13-23(27)29)10-16-11-19(25)14-20(26)12-16/h3-9,11-12,14-15,18H,10,13H2,1-2H3,(H2,27,29)/t18-/m0/s1. The van der Waals surface area contributed by atoms with Gasteiger partial charge in [0.1, 0.15) is 17.4 Å². The summed E-state index contributed by atoms with van der Waals surface area (Å²) in [5, 5.41) is 0. The molecule has 3 rings (SSSR count). The van der Waals surface area contributed by atoms with Crippen LogP contribution in [0, 0.1) is 11.6 Å². The lowest BCUT2D eigenvalue weighted by atomic mass is 9.88. The Morgan fingerprint density at radius 1 is 1.07 bits per heavy atom. The minimum atomic E-state index is -0.662. The molecule has 30 heavy (non-hydrogen) atoms. The minimum Gasteiger partial charge on any atom is -0.491 e. The van der Waals surface area contributed by atoms with Crippen molar-refractivity contribution >= 4 is 5.91 Å². The number of nitrogens with zero attached hydrogens (tertiary/aromatic N) is 1. The fraction of sp³-hybridized carbons (Fsp3) is 0.250. The molecule has 2 aromatic carbocycles. The average molecular weight is 410 g/mol. The molecule has 156 valence electrons. The Balaban J connectivity index is 1.97. The maximum absolute atomic E-state index is 13.7. The van der Waals surface area contributed by atoms with E-state index in [4.69, 9.17) is 10.5 Å². The molecule has 0 fully saturated rings. The third-order valence-corrected chi connectivity index (χ3v) is 4.61. The van der Waals surface area contributed by atoms with Crippen molar-refractivity contribution in [1.29, 1.82) is 0 Å². The first-order valence-electron chi connectivity index (χ1n) is 9.77. The normalized spacial score (nSPS) is 12.0. The predicted octanol–water partition coefficient (Wildman–Crippen LogP) is 5.02. The second-order valence-electron chi connectivity index (χ2n) is 7.48. The molecule has 0 aliphatic rings. The Morgan fingerprint density at radius 3 is 2.33 bits per heavy atom. The van der Waals surface area contributed by atoms with Crippen LogP contribution in [0.4, 0.5) is 8.78 Å². The van der Waals surface area contributed by atoms with E-state index in [2.05, 4.69) is 4.98 Å². The van der Waals surface area contributed by atoms with Gasteiger partial charge in [0, 0.05) is 30.2 Å². The summed E-state index contributed by atoms with van der Waals surface area (Å²) in [6, 6.07) is 14.6. The number of primary amides is 1. The van der Waals surface area contributed by atoms with Gasteiger partial charge in [-0.2, -0.15) is 0 Å². The summed E-state index contributed by atoms with van der Waals surface area (Å²) in [4.78, 5) is 16.2. The number of amides is 1. The van der Waals surface area contributed by atoms with Crippen LogP contribution in [0.15, 0.2) is 60.8 Å². The zero-order valence-corrected chi connectivity index (χ0v) is 16.9. The van der Waals surface area contributed by atoms with Crippen molar-refractivity contribution in [3.05, 3.63) is 83.7 Å². The number of halogens is 2. The Labute approximate surface area is 174 Å². The molecule has 0 radical (unpaired) electrons. The smallest absolute Gasteiger partial charge is 0.218 e. The van der Waals surface area contributed by atoms with Gasteiger partial charge in [-0.3, -0.25) is 9.78 Å². The SMILES string of the molecule is CC(C)Oc1ccc(-c2cccnc2[C@H](CC(N)=O)Cc2cc(F)cc(F)c2)cc1. The Morgan fingerprint density at radius 2 is 1.73 bits per heavy atom. The van der Waals surface area contributed by atoms with Gasteiger partial charge in [-0.1, -0.05) is 18.2 Å². The van der Waals surface area contributed by atoms with E-state index in [1.165, 1.54) is 12.1 Å². The van der Waals surface area contributed by atoms with Crippen LogP contribution in [0.5, 0.6) is 5.75 Å². The zero-order valence-electron chi connectivity index (χ0n) is 16.9. The number of ether oxygens (including phenoxy) is 1. The molecular weight excluding hydrogens is 386 g/mol. The van der Waals surface area contributed by atoms with Gasteiger partial charge in [-0.25, -0.2) is 8.78 Å². The zero-order chi connectivity index (χ0) is 21.7. The van der Waals surface area contributed by atoms with Crippen molar-refractivity contribution in [3.8, 4) is 16.9 Å². The fourth-order valence-electron chi connectivity index (χ4n) is 3.49. The molecule has 1 atom stereocenters. The Kier molecular flexibility index (Phi) is 6.77. The van der Waals surface area contributed by atoms with Crippen LogP contribution < -0.4 is 10.5 Å². The molecule has 0 saturated heterocycles. The summed E-state index contributed by atoms with van der Waals surface area (Å²) >= 11 is 0. The Hall–Kier alpha value is -3.28. The third kappa shape index (κ3) is 5.63. The molecule has 0 unspecified atom stereocenters. The van der Waals surface area contributed by atoms with Crippen LogP contribution in [0.25, 0.3) is 11.1 Å². The number of hydrogen-bond acceptors (Lipinski definition) is 3. The van der Waals surface area contributed by atoms with Gasteiger partial charge in [0.25, 0.3) is 0 Å². The van der Waals surface area contributed by atoms with Crippen molar-refractivity contribution < 1.29 is 18.3 Å². The van der Waals surface area contributed by atoms with Gasteiger partial charge in [-0.05, 0) is 61.7 Å². The molecule has 0 aliphatic heterocycles. The minimum absolute atomic E-state index is 0.0106. The lowest BCUT2D eigenvalue weighted by molar-refractivity contribution is -0.118. The largest absolute Gasteiger partial charge is 0.491 e. The molecule has 1 amide bonds. The first-order chi connectivity index (χ1) is 14.3. The summed E-state index contributed by atoms with van der Waals surface area (Å²) in [6.07, 6.45) is 1.94. The molecule has 0 spiro atoms.